The molecule has 0 aromatic heterocycles. The van der Waals surface area contributed by atoms with Gasteiger partial charge in [0.05, 0.1) is 29.8 Å². The number of hydrogen-bond donors (Lipinski definition) is 1. The number of anilines is 2. The van der Waals surface area contributed by atoms with Crippen LogP contribution in [-0.4, -0.2) is 35.1 Å². The Labute approximate surface area is 241 Å². The van der Waals surface area contributed by atoms with Gasteiger partial charge in [0.15, 0.2) is 11.5 Å². The molecule has 208 valence electrons. The van der Waals surface area contributed by atoms with E-state index in [4.69, 9.17) is 21.1 Å². The molecule has 0 bridgehead atoms. The minimum absolute atomic E-state index is 0.0182. The van der Waals surface area contributed by atoms with Crippen molar-refractivity contribution in [1.82, 2.24) is 0 Å². The summed E-state index contributed by atoms with van der Waals surface area (Å²) < 4.78 is 52.6. The van der Waals surface area contributed by atoms with Gasteiger partial charge in [0.2, 0.25) is 5.91 Å². The summed E-state index contributed by atoms with van der Waals surface area (Å²) in [5, 5.41) is 2.45. The first-order valence-corrected chi connectivity index (χ1v) is 14.8. The van der Waals surface area contributed by atoms with E-state index in [1.165, 1.54) is 38.5 Å². The zero-order valence-corrected chi connectivity index (χ0v) is 24.0. The summed E-state index contributed by atoms with van der Waals surface area (Å²) in [6.07, 6.45) is 0. The summed E-state index contributed by atoms with van der Waals surface area (Å²) in [7, 11) is -1.51. The molecule has 0 spiro atoms. The van der Waals surface area contributed by atoms with Gasteiger partial charge in [-0.1, -0.05) is 41.9 Å². The van der Waals surface area contributed by atoms with E-state index in [-0.39, 0.29) is 21.4 Å². The summed E-state index contributed by atoms with van der Waals surface area (Å²) >= 11 is 7.64. The van der Waals surface area contributed by atoms with Gasteiger partial charge in [-0.3, -0.25) is 9.10 Å². The second-order valence-electron chi connectivity index (χ2n) is 8.47. The van der Waals surface area contributed by atoms with Gasteiger partial charge in [-0.25, -0.2) is 12.8 Å². The molecule has 1 amide bonds. The predicted molar refractivity (Wildman–Crippen MR) is 157 cm³/mol. The van der Waals surface area contributed by atoms with Crippen molar-refractivity contribution in [1.29, 1.82) is 0 Å². The molecular formula is C29H26ClFN2O5S2. The molecule has 0 heterocycles. The fourth-order valence-electron chi connectivity index (χ4n) is 3.76. The molecule has 0 saturated heterocycles. The Morgan fingerprint density at radius 1 is 0.925 bits per heavy atom. The number of carbonyl (C=O) groups excluding carboxylic acids is 1. The van der Waals surface area contributed by atoms with Crippen LogP contribution in [0, 0.1) is 5.82 Å². The lowest BCUT2D eigenvalue weighted by atomic mass is 10.2. The number of nitrogens with one attached hydrogen (secondary N) is 1. The van der Waals surface area contributed by atoms with Crippen LogP contribution < -0.4 is 19.1 Å². The molecule has 0 unspecified atom stereocenters. The first-order chi connectivity index (χ1) is 19.2. The molecule has 7 nitrogen and oxygen atoms in total. The first kappa shape index (κ1) is 29.3. The van der Waals surface area contributed by atoms with Crippen molar-refractivity contribution in [3.05, 3.63) is 107 Å². The quantitative estimate of drug-likeness (QED) is 0.195. The molecule has 0 aliphatic heterocycles. The van der Waals surface area contributed by atoms with Crippen LogP contribution in [0.3, 0.4) is 0 Å². The van der Waals surface area contributed by atoms with Crippen LogP contribution in [0.1, 0.15) is 5.56 Å². The average molecular weight is 601 g/mol. The number of thioether (sulfide) groups is 1. The first-order valence-electron chi connectivity index (χ1n) is 12.0. The lowest BCUT2D eigenvalue weighted by Crippen LogP contribution is -2.38. The van der Waals surface area contributed by atoms with Crippen molar-refractivity contribution in [2.45, 2.75) is 15.5 Å². The Morgan fingerprint density at radius 2 is 1.62 bits per heavy atom. The second kappa shape index (κ2) is 13.1. The van der Waals surface area contributed by atoms with Gasteiger partial charge in [-0.05, 0) is 60.2 Å². The van der Waals surface area contributed by atoms with Crippen LogP contribution in [0.25, 0.3) is 0 Å². The number of ether oxygens (including phenoxy) is 2. The number of benzene rings is 4. The molecule has 4 rings (SSSR count). The van der Waals surface area contributed by atoms with E-state index >= 15 is 0 Å². The maximum atomic E-state index is 13.9. The Kier molecular flexibility index (Phi) is 9.57. The molecule has 4 aromatic carbocycles. The van der Waals surface area contributed by atoms with Crippen molar-refractivity contribution >= 4 is 50.7 Å². The molecule has 0 atom stereocenters. The maximum absolute atomic E-state index is 13.9. The Hall–Kier alpha value is -3.73. The van der Waals surface area contributed by atoms with Crippen LogP contribution in [0.5, 0.6) is 11.5 Å². The van der Waals surface area contributed by atoms with Gasteiger partial charge in [-0.15, -0.1) is 11.8 Å². The number of sulfonamides is 1. The van der Waals surface area contributed by atoms with Gasteiger partial charge in [0.1, 0.15) is 12.4 Å². The number of methoxy groups -OCH3 is 2. The van der Waals surface area contributed by atoms with Crippen LogP contribution >= 0.6 is 23.4 Å². The molecule has 1 N–H and O–H groups in total. The van der Waals surface area contributed by atoms with E-state index in [0.717, 1.165) is 32.6 Å². The zero-order chi connectivity index (χ0) is 28.7. The molecular weight excluding hydrogens is 575 g/mol. The average Bonchev–Trinajstić information content (AvgIpc) is 2.97. The maximum Gasteiger partial charge on any atom is 0.264 e. The number of carbonyl (C=O) groups is 1. The fraction of sp³-hybridized carbons (Fsp3) is 0.138. The van der Waals surface area contributed by atoms with E-state index in [1.807, 2.05) is 42.5 Å². The fourth-order valence-corrected chi connectivity index (χ4v) is 6.24. The monoisotopic (exact) mass is 600 g/mol. The highest BCUT2D eigenvalue weighted by Gasteiger charge is 2.29. The summed E-state index contributed by atoms with van der Waals surface area (Å²) in [6, 6.07) is 24.8. The van der Waals surface area contributed by atoms with Crippen LogP contribution in [0.4, 0.5) is 15.8 Å². The normalized spacial score (nSPS) is 11.1. The molecule has 4 aromatic rings. The minimum Gasteiger partial charge on any atom is -0.493 e. The largest absolute Gasteiger partial charge is 0.493 e. The van der Waals surface area contributed by atoms with Crippen LogP contribution in [0.2, 0.25) is 5.02 Å². The van der Waals surface area contributed by atoms with E-state index in [9.17, 15) is 17.6 Å². The number of halogens is 2. The molecule has 0 radical (unpaired) electrons. The number of amides is 1. The highest BCUT2D eigenvalue weighted by atomic mass is 35.5. The summed E-state index contributed by atoms with van der Waals surface area (Å²) in [4.78, 5) is 14.1. The van der Waals surface area contributed by atoms with Gasteiger partial charge < -0.3 is 14.8 Å². The van der Waals surface area contributed by atoms with E-state index in [2.05, 4.69) is 5.32 Å². The highest BCUT2D eigenvalue weighted by molar-refractivity contribution is 7.98. The summed E-state index contributed by atoms with van der Waals surface area (Å²) in [5.74, 6) is -0.0439. The van der Waals surface area contributed by atoms with Gasteiger partial charge in [0.25, 0.3) is 10.0 Å². The Balaban J connectivity index is 1.55. The van der Waals surface area contributed by atoms with Crippen molar-refractivity contribution < 1.29 is 27.1 Å². The third-order valence-corrected chi connectivity index (χ3v) is 8.95. The van der Waals surface area contributed by atoms with E-state index in [1.54, 1.807) is 23.9 Å². The standard InChI is InChI=1S/C29H26ClFN2O5S2/c1-37-27-15-13-24(17-28(27)38-2)40(35,36)33(22-12-14-26(31)25(30)16-22)18-29(34)32-21-10-8-20(9-11-21)19-39-23-6-4-3-5-7-23/h3-17H,18-19H2,1-2H3,(H,32,34). The van der Waals surface area contributed by atoms with E-state index < -0.39 is 28.3 Å². The van der Waals surface area contributed by atoms with Crippen LogP contribution in [-0.2, 0) is 20.6 Å². The zero-order valence-electron chi connectivity index (χ0n) is 21.6. The molecule has 40 heavy (non-hydrogen) atoms. The molecule has 0 fully saturated rings. The van der Waals surface area contributed by atoms with Gasteiger partial charge >= 0.3 is 0 Å². The summed E-state index contributed by atoms with van der Waals surface area (Å²) in [5.41, 5.74) is 1.58. The number of hydrogen-bond acceptors (Lipinski definition) is 6. The van der Waals surface area contributed by atoms with Crippen LogP contribution in [0.15, 0.2) is 101 Å². The molecule has 0 aliphatic carbocycles. The predicted octanol–water partition coefficient (Wildman–Crippen LogP) is 6.62. The lowest BCUT2D eigenvalue weighted by molar-refractivity contribution is -0.114. The second-order valence-corrected chi connectivity index (χ2v) is 11.8. The Bertz CT molecular complexity index is 1590. The third kappa shape index (κ3) is 7.07. The smallest absolute Gasteiger partial charge is 0.264 e. The topological polar surface area (TPSA) is 84.9 Å². The number of rotatable bonds is 11. The van der Waals surface area contributed by atoms with E-state index in [0.29, 0.717) is 11.4 Å². The minimum atomic E-state index is -4.32. The van der Waals surface area contributed by atoms with Crippen molar-refractivity contribution in [2.75, 3.05) is 30.4 Å². The molecule has 0 saturated carbocycles. The van der Waals surface area contributed by atoms with Crippen molar-refractivity contribution in [2.24, 2.45) is 0 Å². The third-order valence-electron chi connectivity index (χ3n) is 5.81. The van der Waals surface area contributed by atoms with Gasteiger partial charge in [0, 0.05) is 22.4 Å². The SMILES string of the molecule is COc1ccc(S(=O)(=O)N(CC(=O)Nc2ccc(CSc3ccccc3)cc2)c2ccc(F)c(Cl)c2)cc1OC. The van der Waals surface area contributed by atoms with Gasteiger partial charge in [-0.2, -0.15) is 0 Å². The molecule has 11 heteroatoms. The number of nitrogens with zero attached hydrogens (tertiary/aromatic N) is 1. The highest BCUT2D eigenvalue weighted by Crippen LogP contribution is 2.33. The van der Waals surface area contributed by atoms with Crippen molar-refractivity contribution in [3.63, 3.8) is 0 Å². The molecule has 0 aliphatic rings. The summed E-state index contributed by atoms with van der Waals surface area (Å²) in [6.45, 7) is -0.593. The van der Waals surface area contributed by atoms with Crippen molar-refractivity contribution in [3.8, 4) is 11.5 Å². The Morgan fingerprint density at radius 3 is 2.27 bits per heavy atom. The lowest BCUT2D eigenvalue weighted by Gasteiger charge is -2.25.